The molecule has 92 valence electrons. The summed E-state index contributed by atoms with van der Waals surface area (Å²) in [5.74, 6) is 6.38. The maximum Gasteiger partial charge on any atom is 0.134 e. The van der Waals surface area contributed by atoms with Gasteiger partial charge in [-0.25, -0.2) is 0 Å². The average molecular weight is 253 g/mol. The van der Waals surface area contributed by atoms with Gasteiger partial charge in [-0.2, -0.15) is 0 Å². The van der Waals surface area contributed by atoms with Crippen LogP contribution in [0.15, 0.2) is 18.2 Å². The third-order valence-electron chi connectivity index (χ3n) is 2.37. The van der Waals surface area contributed by atoms with Gasteiger partial charge in [-0.05, 0) is 24.6 Å². The Kier molecular flexibility index (Phi) is 5.90. The predicted molar refractivity (Wildman–Crippen MR) is 70.4 cm³/mol. The number of methoxy groups -OCH3 is 1. The van der Waals surface area contributed by atoms with Crippen LogP contribution in [0.3, 0.4) is 0 Å². The largest absolute Gasteiger partial charge is 0.495 e. The molecule has 17 heavy (non-hydrogen) atoms. The Balaban J connectivity index is 2.79. The monoisotopic (exact) mass is 252 g/mol. The summed E-state index contributed by atoms with van der Waals surface area (Å²) in [5.41, 5.74) is 0.704. The highest BCUT2D eigenvalue weighted by Crippen LogP contribution is 2.21. The molecule has 0 fully saturated rings. The zero-order chi connectivity index (χ0) is 12.7. The Hall–Kier alpha value is -1.17. The standard InChI is InChI=1S/C14H17ClO2/c1-3-4-5-13(16)8-6-11-10-12(15)7-9-14(11)17-2/h7,9-10,13,16H,3-5H2,1-2H3. The molecule has 1 unspecified atom stereocenters. The van der Waals surface area contributed by atoms with E-state index in [1.807, 2.05) is 0 Å². The lowest BCUT2D eigenvalue weighted by molar-refractivity contribution is 0.218. The molecule has 1 atom stereocenters. The van der Waals surface area contributed by atoms with Crippen LogP contribution in [-0.2, 0) is 0 Å². The van der Waals surface area contributed by atoms with E-state index in [2.05, 4.69) is 18.8 Å². The number of halogens is 1. The van der Waals surface area contributed by atoms with Gasteiger partial charge in [-0.15, -0.1) is 0 Å². The normalized spacial score (nSPS) is 11.5. The zero-order valence-electron chi connectivity index (χ0n) is 10.2. The van der Waals surface area contributed by atoms with Crippen LogP contribution in [0.4, 0.5) is 0 Å². The third-order valence-corrected chi connectivity index (χ3v) is 2.60. The van der Waals surface area contributed by atoms with Gasteiger partial charge in [-0.3, -0.25) is 0 Å². The molecular weight excluding hydrogens is 236 g/mol. The van der Waals surface area contributed by atoms with Gasteiger partial charge in [0.25, 0.3) is 0 Å². The molecule has 1 aromatic carbocycles. The van der Waals surface area contributed by atoms with Gasteiger partial charge in [0.2, 0.25) is 0 Å². The molecule has 1 aromatic rings. The number of benzene rings is 1. The van der Waals surface area contributed by atoms with Crippen molar-refractivity contribution in [2.45, 2.75) is 32.3 Å². The van der Waals surface area contributed by atoms with Crippen molar-refractivity contribution in [1.29, 1.82) is 0 Å². The van der Waals surface area contributed by atoms with Crippen molar-refractivity contribution in [3.8, 4) is 17.6 Å². The van der Waals surface area contributed by atoms with Crippen LogP contribution in [0, 0.1) is 11.8 Å². The van der Waals surface area contributed by atoms with E-state index in [0.717, 1.165) is 12.8 Å². The Morgan fingerprint density at radius 1 is 1.47 bits per heavy atom. The van der Waals surface area contributed by atoms with Crippen LogP contribution in [0.2, 0.25) is 5.02 Å². The highest BCUT2D eigenvalue weighted by Gasteiger charge is 2.02. The van der Waals surface area contributed by atoms with E-state index in [1.165, 1.54) is 0 Å². The van der Waals surface area contributed by atoms with Crippen LogP contribution in [0.25, 0.3) is 0 Å². The van der Waals surface area contributed by atoms with E-state index < -0.39 is 6.10 Å². The number of hydrogen-bond acceptors (Lipinski definition) is 2. The predicted octanol–water partition coefficient (Wildman–Crippen LogP) is 3.25. The summed E-state index contributed by atoms with van der Waals surface area (Å²) >= 11 is 5.89. The lowest BCUT2D eigenvalue weighted by Gasteiger charge is -2.04. The summed E-state index contributed by atoms with van der Waals surface area (Å²) in [6.07, 6.45) is 2.15. The second kappa shape index (κ2) is 7.21. The number of aliphatic hydroxyl groups excluding tert-OH is 1. The molecule has 0 heterocycles. The number of rotatable bonds is 4. The van der Waals surface area contributed by atoms with E-state index in [4.69, 9.17) is 16.3 Å². The Morgan fingerprint density at radius 2 is 2.24 bits per heavy atom. The van der Waals surface area contributed by atoms with Crippen molar-refractivity contribution in [1.82, 2.24) is 0 Å². The van der Waals surface area contributed by atoms with Gasteiger partial charge in [0.05, 0.1) is 12.7 Å². The van der Waals surface area contributed by atoms with Gasteiger partial charge in [0.1, 0.15) is 11.9 Å². The molecule has 0 saturated heterocycles. The summed E-state index contributed by atoms with van der Waals surface area (Å²) in [6, 6.07) is 5.25. The first-order valence-electron chi connectivity index (χ1n) is 5.70. The van der Waals surface area contributed by atoms with Crippen molar-refractivity contribution in [2.75, 3.05) is 7.11 Å². The number of hydrogen-bond donors (Lipinski definition) is 1. The molecule has 0 bridgehead atoms. The molecule has 2 nitrogen and oxygen atoms in total. The molecule has 0 aliphatic rings. The van der Waals surface area contributed by atoms with Crippen molar-refractivity contribution >= 4 is 11.6 Å². The maximum atomic E-state index is 9.63. The SMILES string of the molecule is CCCCC(O)C#Cc1cc(Cl)ccc1OC. The minimum absolute atomic E-state index is 0.585. The molecule has 0 spiro atoms. The molecule has 1 N–H and O–H groups in total. The van der Waals surface area contributed by atoms with Crippen LogP contribution >= 0.6 is 11.6 Å². The van der Waals surface area contributed by atoms with E-state index in [0.29, 0.717) is 22.8 Å². The lowest BCUT2D eigenvalue weighted by Crippen LogP contribution is -2.02. The fourth-order valence-corrected chi connectivity index (χ4v) is 1.58. The smallest absolute Gasteiger partial charge is 0.134 e. The topological polar surface area (TPSA) is 29.5 Å². The van der Waals surface area contributed by atoms with E-state index in [-0.39, 0.29) is 0 Å². The highest BCUT2D eigenvalue weighted by atomic mass is 35.5. The first kappa shape index (κ1) is 13.9. The molecule has 0 saturated carbocycles. The average Bonchev–Trinajstić information content (AvgIpc) is 2.34. The summed E-state index contributed by atoms with van der Waals surface area (Å²) < 4.78 is 5.17. The fraction of sp³-hybridized carbons (Fsp3) is 0.429. The first-order valence-corrected chi connectivity index (χ1v) is 6.08. The molecule has 1 rings (SSSR count). The van der Waals surface area contributed by atoms with Crippen LogP contribution in [0.5, 0.6) is 5.75 Å². The fourth-order valence-electron chi connectivity index (χ4n) is 1.41. The second-order valence-electron chi connectivity index (χ2n) is 3.77. The first-order chi connectivity index (χ1) is 8.17. The van der Waals surface area contributed by atoms with Crippen molar-refractivity contribution in [3.63, 3.8) is 0 Å². The summed E-state index contributed by atoms with van der Waals surface area (Å²) in [7, 11) is 1.59. The van der Waals surface area contributed by atoms with Gasteiger partial charge in [0.15, 0.2) is 0 Å². The molecule has 0 amide bonds. The lowest BCUT2D eigenvalue weighted by atomic mass is 10.1. The molecule has 0 aliphatic carbocycles. The van der Waals surface area contributed by atoms with Crippen molar-refractivity contribution in [2.24, 2.45) is 0 Å². The van der Waals surface area contributed by atoms with Crippen molar-refractivity contribution < 1.29 is 9.84 Å². The maximum absolute atomic E-state index is 9.63. The molecule has 0 radical (unpaired) electrons. The van der Waals surface area contributed by atoms with Crippen molar-refractivity contribution in [3.05, 3.63) is 28.8 Å². The van der Waals surface area contributed by atoms with E-state index in [9.17, 15) is 5.11 Å². The minimum atomic E-state index is -0.585. The Bertz CT molecular complexity index is 418. The number of aliphatic hydroxyl groups is 1. The van der Waals surface area contributed by atoms with Gasteiger partial charge in [0, 0.05) is 5.02 Å². The van der Waals surface area contributed by atoms with Gasteiger partial charge < -0.3 is 9.84 Å². The molecular formula is C14H17ClO2. The van der Waals surface area contributed by atoms with E-state index in [1.54, 1.807) is 25.3 Å². The van der Waals surface area contributed by atoms with Crippen LogP contribution in [0.1, 0.15) is 31.7 Å². The summed E-state index contributed by atoms with van der Waals surface area (Å²) in [6.45, 7) is 2.08. The second-order valence-corrected chi connectivity index (χ2v) is 4.21. The van der Waals surface area contributed by atoms with Crippen LogP contribution < -0.4 is 4.74 Å². The summed E-state index contributed by atoms with van der Waals surface area (Å²) in [5, 5.41) is 10.2. The quantitative estimate of drug-likeness (QED) is 0.834. The Labute approximate surface area is 108 Å². The van der Waals surface area contributed by atoms with Gasteiger partial charge >= 0.3 is 0 Å². The molecule has 3 heteroatoms. The highest BCUT2D eigenvalue weighted by molar-refractivity contribution is 6.30. The molecule has 0 aliphatic heterocycles. The summed E-state index contributed by atoms with van der Waals surface area (Å²) in [4.78, 5) is 0. The van der Waals surface area contributed by atoms with Crippen LogP contribution in [-0.4, -0.2) is 18.3 Å². The zero-order valence-corrected chi connectivity index (χ0v) is 10.9. The van der Waals surface area contributed by atoms with E-state index >= 15 is 0 Å². The number of unbranched alkanes of at least 4 members (excludes halogenated alkanes) is 1. The molecule has 0 aromatic heterocycles. The Morgan fingerprint density at radius 3 is 2.88 bits per heavy atom. The number of ether oxygens (including phenoxy) is 1. The minimum Gasteiger partial charge on any atom is -0.495 e. The third kappa shape index (κ3) is 4.68. The van der Waals surface area contributed by atoms with Gasteiger partial charge in [-0.1, -0.05) is 43.2 Å².